The molecule has 114 valence electrons. The molecule has 21 heavy (non-hydrogen) atoms. The molecule has 1 fully saturated rings. The van der Waals surface area contributed by atoms with Crippen molar-refractivity contribution in [3.63, 3.8) is 0 Å². The van der Waals surface area contributed by atoms with Gasteiger partial charge in [-0.3, -0.25) is 4.79 Å². The minimum atomic E-state index is -1.11. The van der Waals surface area contributed by atoms with Crippen LogP contribution < -0.4 is 4.74 Å². The number of amides is 1. The Hall–Kier alpha value is -1.75. The third-order valence-corrected chi connectivity index (χ3v) is 3.77. The predicted molar refractivity (Wildman–Crippen MR) is 78.9 cm³/mol. The molecule has 0 aromatic heterocycles. The van der Waals surface area contributed by atoms with E-state index in [2.05, 4.69) is 6.92 Å². The molecule has 1 heterocycles. The maximum absolute atomic E-state index is 12.1. The van der Waals surface area contributed by atoms with Gasteiger partial charge in [-0.2, -0.15) is 0 Å². The number of hydrogen-bond donors (Lipinski definition) is 1. The summed E-state index contributed by atoms with van der Waals surface area (Å²) in [5.74, 6) is -0.629. The first-order valence-corrected chi connectivity index (χ1v) is 7.28. The van der Waals surface area contributed by atoms with Crippen LogP contribution >= 0.6 is 11.6 Å². The van der Waals surface area contributed by atoms with Crippen molar-refractivity contribution < 1.29 is 19.4 Å². The molecule has 5 nitrogen and oxygen atoms in total. The first kappa shape index (κ1) is 15.6. The maximum Gasteiger partial charge on any atom is 0.339 e. The molecule has 0 bridgehead atoms. The van der Waals surface area contributed by atoms with Crippen molar-refractivity contribution in [3.8, 4) is 5.75 Å². The highest BCUT2D eigenvalue weighted by Crippen LogP contribution is 2.24. The number of carbonyl (C=O) groups is 2. The van der Waals surface area contributed by atoms with Gasteiger partial charge in [0.25, 0.3) is 5.91 Å². The van der Waals surface area contributed by atoms with E-state index in [1.165, 1.54) is 18.2 Å². The van der Waals surface area contributed by atoms with Crippen molar-refractivity contribution in [3.05, 3.63) is 28.8 Å². The number of ether oxygens (including phenoxy) is 1. The number of carboxylic acids is 1. The fourth-order valence-electron chi connectivity index (χ4n) is 2.44. The summed E-state index contributed by atoms with van der Waals surface area (Å²) in [4.78, 5) is 25.0. The summed E-state index contributed by atoms with van der Waals surface area (Å²) in [7, 11) is 0. The number of nitrogens with zero attached hydrogens (tertiary/aromatic N) is 1. The Morgan fingerprint density at radius 3 is 2.90 bits per heavy atom. The third kappa shape index (κ3) is 4.11. The standard InChI is InChI=1S/C15H18ClNO4/c1-10-3-2-6-17(8-10)14(18)9-21-13-7-11(16)4-5-12(13)15(19)20/h4-5,7,10H,2-3,6,8-9H2,1H3,(H,19,20). The summed E-state index contributed by atoms with van der Waals surface area (Å²) in [5, 5.41) is 9.46. The Morgan fingerprint density at radius 1 is 1.48 bits per heavy atom. The minimum Gasteiger partial charge on any atom is -0.483 e. The fourth-order valence-corrected chi connectivity index (χ4v) is 2.60. The van der Waals surface area contributed by atoms with Crippen LogP contribution in [0.3, 0.4) is 0 Å². The molecule has 1 aliphatic rings. The third-order valence-electron chi connectivity index (χ3n) is 3.53. The van der Waals surface area contributed by atoms with Gasteiger partial charge in [0.2, 0.25) is 0 Å². The van der Waals surface area contributed by atoms with E-state index in [4.69, 9.17) is 21.4 Å². The van der Waals surface area contributed by atoms with Gasteiger partial charge in [-0.05, 0) is 37.0 Å². The lowest BCUT2D eigenvalue weighted by atomic mass is 10.0. The van der Waals surface area contributed by atoms with Crippen molar-refractivity contribution in [1.82, 2.24) is 4.90 Å². The van der Waals surface area contributed by atoms with Crippen LogP contribution in [0.25, 0.3) is 0 Å². The van der Waals surface area contributed by atoms with Gasteiger partial charge in [-0.1, -0.05) is 18.5 Å². The smallest absolute Gasteiger partial charge is 0.339 e. The van der Waals surface area contributed by atoms with Crippen LogP contribution in [0.15, 0.2) is 18.2 Å². The summed E-state index contributed by atoms with van der Waals surface area (Å²) < 4.78 is 5.37. The van der Waals surface area contributed by atoms with E-state index >= 15 is 0 Å². The molecule has 6 heteroatoms. The molecule has 1 aliphatic heterocycles. The van der Waals surface area contributed by atoms with Crippen LogP contribution in [0.2, 0.25) is 5.02 Å². The lowest BCUT2D eigenvalue weighted by molar-refractivity contribution is -0.135. The molecule has 1 saturated heterocycles. The zero-order valence-electron chi connectivity index (χ0n) is 11.8. The highest BCUT2D eigenvalue weighted by molar-refractivity contribution is 6.30. The average molecular weight is 312 g/mol. The number of hydrogen-bond acceptors (Lipinski definition) is 3. The highest BCUT2D eigenvalue weighted by atomic mass is 35.5. The van der Waals surface area contributed by atoms with E-state index in [0.717, 1.165) is 25.9 Å². The molecule has 1 unspecified atom stereocenters. The van der Waals surface area contributed by atoms with Crippen molar-refractivity contribution in [2.45, 2.75) is 19.8 Å². The van der Waals surface area contributed by atoms with Gasteiger partial charge in [-0.15, -0.1) is 0 Å². The SMILES string of the molecule is CC1CCCN(C(=O)COc2cc(Cl)ccc2C(=O)O)C1. The first-order chi connectivity index (χ1) is 9.97. The number of carbonyl (C=O) groups excluding carboxylic acids is 1. The summed E-state index contributed by atoms with van der Waals surface area (Å²) in [5.41, 5.74) is -0.000729. The number of rotatable bonds is 4. The van der Waals surface area contributed by atoms with Crippen LogP contribution in [0.4, 0.5) is 0 Å². The lowest BCUT2D eigenvalue weighted by Gasteiger charge is -2.30. The van der Waals surface area contributed by atoms with Gasteiger partial charge < -0.3 is 14.7 Å². The lowest BCUT2D eigenvalue weighted by Crippen LogP contribution is -2.41. The van der Waals surface area contributed by atoms with Crippen molar-refractivity contribution in [1.29, 1.82) is 0 Å². The van der Waals surface area contributed by atoms with Crippen LogP contribution in [0.1, 0.15) is 30.1 Å². The number of likely N-dealkylation sites (tertiary alicyclic amines) is 1. The largest absolute Gasteiger partial charge is 0.483 e. The molecule has 0 spiro atoms. The van der Waals surface area contributed by atoms with Crippen molar-refractivity contribution >= 4 is 23.5 Å². The molecule has 1 aromatic carbocycles. The Morgan fingerprint density at radius 2 is 2.24 bits per heavy atom. The van der Waals surface area contributed by atoms with Crippen LogP contribution in [0.5, 0.6) is 5.75 Å². The molecular weight excluding hydrogens is 294 g/mol. The molecule has 1 atom stereocenters. The molecule has 1 N–H and O–H groups in total. The normalized spacial score (nSPS) is 18.4. The second-order valence-corrected chi connectivity index (χ2v) is 5.76. The van der Waals surface area contributed by atoms with E-state index in [1.54, 1.807) is 4.90 Å². The molecule has 0 saturated carbocycles. The number of aromatic carboxylic acids is 1. The van der Waals surface area contributed by atoms with Gasteiger partial charge in [0.15, 0.2) is 6.61 Å². The van der Waals surface area contributed by atoms with E-state index < -0.39 is 5.97 Å². The molecule has 2 rings (SSSR count). The van der Waals surface area contributed by atoms with Gasteiger partial charge in [0.1, 0.15) is 11.3 Å². The maximum atomic E-state index is 12.1. The van der Waals surface area contributed by atoms with Crippen LogP contribution in [-0.4, -0.2) is 41.6 Å². The van der Waals surface area contributed by atoms with E-state index in [-0.39, 0.29) is 23.8 Å². The molecule has 0 aliphatic carbocycles. The van der Waals surface area contributed by atoms with E-state index in [0.29, 0.717) is 10.9 Å². The second kappa shape index (κ2) is 6.80. The van der Waals surface area contributed by atoms with Crippen LogP contribution in [-0.2, 0) is 4.79 Å². The fraction of sp³-hybridized carbons (Fsp3) is 0.467. The Balaban J connectivity index is 2.00. The van der Waals surface area contributed by atoms with Crippen LogP contribution in [0, 0.1) is 5.92 Å². The zero-order valence-corrected chi connectivity index (χ0v) is 12.6. The summed E-state index contributed by atoms with van der Waals surface area (Å²) >= 11 is 5.84. The summed E-state index contributed by atoms with van der Waals surface area (Å²) in [6, 6.07) is 4.26. The number of carboxylic acid groups (broad SMARTS) is 1. The molecule has 1 amide bonds. The average Bonchev–Trinajstić information content (AvgIpc) is 2.44. The topological polar surface area (TPSA) is 66.8 Å². The van der Waals surface area contributed by atoms with Gasteiger partial charge in [-0.25, -0.2) is 4.79 Å². The quantitative estimate of drug-likeness (QED) is 0.928. The van der Waals surface area contributed by atoms with Gasteiger partial charge in [0, 0.05) is 18.1 Å². The Kier molecular flexibility index (Phi) is 5.07. The van der Waals surface area contributed by atoms with E-state index in [1.807, 2.05) is 0 Å². The van der Waals surface area contributed by atoms with Crippen molar-refractivity contribution in [2.75, 3.05) is 19.7 Å². The number of benzene rings is 1. The molecule has 0 radical (unpaired) electrons. The van der Waals surface area contributed by atoms with Crippen molar-refractivity contribution in [2.24, 2.45) is 5.92 Å². The summed E-state index contributed by atoms with van der Waals surface area (Å²) in [6.07, 6.45) is 2.12. The second-order valence-electron chi connectivity index (χ2n) is 5.32. The first-order valence-electron chi connectivity index (χ1n) is 6.91. The molecule has 1 aromatic rings. The summed E-state index contributed by atoms with van der Waals surface area (Å²) in [6.45, 7) is 3.39. The minimum absolute atomic E-state index is 0.000729. The zero-order chi connectivity index (χ0) is 15.4. The number of piperidine rings is 1. The van der Waals surface area contributed by atoms with Gasteiger partial charge in [0.05, 0.1) is 0 Å². The highest BCUT2D eigenvalue weighted by Gasteiger charge is 2.22. The predicted octanol–water partition coefficient (Wildman–Crippen LogP) is 2.68. The number of halogens is 1. The van der Waals surface area contributed by atoms with E-state index in [9.17, 15) is 9.59 Å². The van der Waals surface area contributed by atoms with Gasteiger partial charge >= 0.3 is 5.97 Å². The Bertz CT molecular complexity index is 546. The Labute approximate surface area is 128 Å². The monoisotopic (exact) mass is 311 g/mol. The molecular formula is C15H18ClNO4.